The Morgan fingerprint density at radius 1 is 1.36 bits per heavy atom. The van der Waals surface area contributed by atoms with Crippen LogP contribution in [0.15, 0.2) is 18.2 Å². The molecule has 0 saturated carbocycles. The van der Waals surface area contributed by atoms with E-state index in [9.17, 15) is 9.59 Å². The predicted molar refractivity (Wildman–Crippen MR) is 84.2 cm³/mol. The van der Waals surface area contributed by atoms with Gasteiger partial charge in [-0.15, -0.1) is 0 Å². The summed E-state index contributed by atoms with van der Waals surface area (Å²) in [4.78, 5) is 26.0. The highest BCUT2D eigenvalue weighted by atomic mass is 35.5. The lowest BCUT2D eigenvalue weighted by Gasteiger charge is -2.28. The minimum atomic E-state index is -0.745. The molecule has 120 valence electrons. The molecule has 1 aliphatic rings. The third-order valence-corrected chi connectivity index (χ3v) is 3.39. The van der Waals surface area contributed by atoms with E-state index < -0.39 is 23.7 Å². The van der Waals surface area contributed by atoms with Gasteiger partial charge in [0, 0.05) is 6.42 Å². The Morgan fingerprint density at radius 2 is 2.05 bits per heavy atom. The first kappa shape index (κ1) is 16.6. The number of aryl methyl sites for hydroxylation is 1. The molecule has 0 bridgehead atoms. The smallest absolute Gasteiger partial charge is 0.415 e. The maximum absolute atomic E-state index is 12.5. The topological polar surface area (TPSA) is 55.8 Å². The first-order chi connectivity index (χ1) is 10.2. The van der Waals surface area contributed by atoms with Crippen LogP contribution in [0.1, 0.15) is 31.9 Å². The summed E-state index contributed by atoms with van der Waals surface area (Å²) in [7, 11) is 0. The van der Waals surface area contributed by atoms with Crippen LogP contribution in [-0.2, 0) is 20.7 Å². The van der Waals surface area contributed by atoms with Gasteiger partial charge < -0.3 is 9.47 Å². The second-order valence-corrected chi connectivity index (χ2v) is 6.49. The molecule has 0 fully saturated rings. The van der Waals surface area contributed by atoms with Gasteiger partial charge in [-0.2, -0.15) is 0 Å². The van der Waals surface area contributed by atoms with Crippen LogP contribution in [0, 0.1) is 6.92 Å². The monoisotopic (exact) mass is 325 g/mol. The molecule has 1 amide bonds. The van der Waals surface area contributed by atoms with Crippen molar-refractivity contribution in [3.05, 3.63) is 29.3 Å². The molecular formula is C16H20ClNO4. The molecule has 1 aliphatic heterocycles. The van der Waals surface area contributed by atoms with E-state index in [1.807, 2.05) is 25.1 Å². The second-order valence-electron chi connectivity index (χ2n) is 6.27. The number of ether oxygens (including phenoxy) is 2. The first-order valence-electron chi connectivity index (χ1n) is 7.07. The highest BCUT2D eigenvalue weighted by molar-refractivity contribution is 6.17. The highest BCUT2D eigenvalue weighted by Gasteiger charge is 2.41. The van der Waals surface area contributed by atoms with Crippen molar-refractivity contribution >= 4 is 29.4 Å². The van der Waals surface area contributed by atoms with Crippen molar-refractivity contribution in [2.45, 2.75) is 45.8 Å². The summed E-state index contributed by atoms with van der Waals surface area (Å²) < 4.78 is 10.3. The average Bonchev–Trinajstić information content (AvgIpc) is 2.75. The van der Waals surface area contributed by atoms with Crippen LogP contribution >= 0.6 is 11.6 Å². The minimum absolute atomic E-state index is 0.243. The molecule has 0 spiro atoms. The fourth-order valence-electron chi connectivity index (χ4n) is 2.41. The molecule has 1 aromatic carbocycles. The van der Waals surface area contributed by atoms with E-state index in [1.165, 1.54) is 4.90 Å². The molecule has 0 radical (unpaired) electrons. The maximum atomic E-state index is 12.5. The van der Waals surface area contributed by atoms with Gasteiger partial charge in [0.25, 0.3) is 0 Å². The Labute approximate surface area is 135 Å². The standard InChI is InChI=1S/C16H20ClNO4/c1-10-5-6-11-8-13(14(19)21-9-17)18(12(11)7-10)15(20)22-16(2,3)4/h5-7,13H,8-9H2,1-4H3. The van der Waals surface area contributed by atoms with Crippen molar-refractivity contribution < 1.29 is 19.1 Å². The molecule has 0 aliphatic carbocycles. The Kier molecular flexibility index (Phi) is 4.66. The summed E-state index contributed by atoms with van der Waals surface area (Å²) in [5.74, 6) is -0.533. The fraction of sp³-hybridized carbons (Fsp3) is 0.500. The predicted octanol–water partition coefficient (Wildman–Crippen LogP) is 3.40. The number of hydrogen-bond donors (Lipinski definition) is 0. The van der Waals surface area contributed by atoms with Crippen LogP contribution in [0.5, 0.6) is 0 Å². The number of alkyl halides is 1. The van der Waals surface area contributed by atoms with E-state index in [-0.39, 0.29) is 6.07 Å². The number of esters is 1. The lowest BCUT2D eigenvalue weighted by Crippen LogP contribution is -2.46. The van der Waals surface area contributed by atoms with Crippen molar-refractivity contribution in [1.82, 2.24) is 0 Å². The zero-order valence-electron chi connectivity index (χ0n) is 13.2. The van der Waals surface area contributed by atoms with Crippen LogP contribution in [0.2, 0.25) is 0 Å². The van der Waals surface area contributed by atoms with E-state index in [4.69, 9.17) is 21.1 Å². The molecule has 0 saturated heterocycles. The fourth-order valence-corrected chi connectivity index (χ4v) is 2.52. The summed E-state index contributed by atoms with van der Waals surface area (Å²) >= 11 is 5.47. The van der Waals surface area contributed by atoms with Crippen molar-refractivity contribution in [1.29, 1.82) is 0 Å². The van der Waals surface area contributed by atoms with Crippen LogP contribution in [-0.4, -0.2) is 29.8 Å². The Bertz CT molecular complexity index is 594. The zero-order chi connectivity index (χ0) is 16.5. The van der Waals surface area contributed by atoms with Crippen LogP contribution < -0.4 is 4.90 Å². The van der Waals surface area contributed by atoms with E-state index in [1.54, 1.807) is 20.8 Å². The molecule has 22 heavy (non-hydrogen) atoms. The summed E-state index contributed by atoms with van der Waals surface area (Å²) in [5, 5.41) is 0. The maximum Gasteiger partial charge on any atom is 0.415 e. The Morgan fingerprint density at radius 3 is 2.64 bits per heavy atom. The van der Waals surface area contributed by atoms with Crippen LogP contribution in [0.25, 0.3) is 0 Å². The molecule has 1 aromatic rings. The lowest BCUT2D eigenvalue weighted by atomic mass is 10.1. The number of hydrogen-bond acceptors (Lipinski definition) is 4. The zero-order valence-corrected chi connectivity index (χ0v) is 13.9. The Balaban J connectivity index is 2.37. The van der Waals surface area contributed by atoms with Gasteiger partial charge in [0.1, 0.15) is 11.6 Å². The summed E-state index contributed by atoms with van der Waals surface area (Å²) in [5.41, 5.74) is 1.95. The third kappa shape index (κ3) is 3.53. The van der Waals surface area contributed by atoms with Gasteiger partial charge in [-0.1, -0.05) is 23.7 Å². The van der Waals surface area contributed by atoms with Crippen LogP contribution in [0.3, 0.4) is 0 Å². The molecule has 0 aromatic heterocycles. The van der Waals surface area contributed by atoms with Crippen molar-refractivity contribution in [2.75, 3.05) is 11.0 Å². The molecule has 5 nitrogen and oxygen atoms in total. The van der Waals surface area contributed by atoms with Gasteiger partial charge in [-0.25, -0.2) is 9.59 Å². The van der Waals surface area contributed by atoms with Gasteiger partial charge in [-0.05, 0) is 44.9 Å². The van der Waals surface area contributed by atoms with Crippen molar-refractivity contribution in [2.24, 2.45) is 0 Å². The normalized spacial score (nSPS) is 17.1. The van der Waals surface area contributed by atoms with Gasteiger partial charge in [0.15, 0.2) is 6.07 Å². The molecule has 1 heterocycles. The van der Waals surface area contributed by atoms with Gasteiger partial charge in [0.05, 0.1) is 5.69 Å². The summed E-state index contributed by atoms with van der Waals surface area (Å²) in [6.07, 6.45) is -0.168. The van der Waals surface area contributed by atoms with E-state index in [0.29, 0.717) is 12.1 Å². The number of carbonyl (C=O) groups excluding carboxylic acids is 2. The third-order valence-electron chi connectivity index (χ3n) is 3.28. The SMILES string of the molecule is Cc1ccc2c(c1)N(C(=O)OC(C)(C)C)C(C(=O)OCCl)C2. The summed E-state index contributed by atoms with van der Waals surface area (Å²) in [6, 6.07) is 4.74. The minimum Gasteiger partial charge on any atom is -0.448 e. The van der Waals surface area contributed by atoms with Gasteiger partial charge in [-0.3, -0.25) is 4.90 Å². The molecule has 1 unspecified atom stereocenters. The van der Waals surface area contributed by atoms with E-state index in [0.717, 1.165) is 11.1 Å². The van der Waals surface area contributed by atoms with E-state index in [2.05, 4.69) is 0 Å². The molecule has 0 N–H and O–H groups in total. The molecule has 2 rings (SSSR count). The molecule has 6 heteroatoms. The number of benzene rings is 1. The number of amides is 1. The number of nitrogens with zero attached hydrogens (tertiary/aromatic N) is 1. The van der Waals surface area contributed by atoms with E-state index >= 15 is 0 Å². The molecule has 1 atom stereocenters. The number of halogens is 1. The Hall–Kier alpha value is -1.75. The van der Waals surface area contributed by atoms with Crippen molar-refractivity contribution in [3.63, 3.8) is 0 Å². The highest BCUT2D eigenvalue weighted by Crippen LogP contribution is 2.34. The van der Waals surface area contributed by atoms with Gasteiger partial charge in [0.2, 0.25) is 0 Å². The number of rotatable bonds is 2. The number of fused-ring (bicyclic) bond motifs is 1. The molecular weight excluding hydrogens is 306 g/mol. The number of anilines is 1. The quantitative estimate of drug-likeness (QED) is 0.617. The first-order valence-corrected chi connectivity index (χ1v) is 7.61. The second kappa shape index (κ2) is 6.16. The number of carbonyl (C=O) groups is 2. The van der Waals surface area contributed by atoms with Gasteiger partial charge >= 0.3 is 12.1 Å². The summed E-state index contributed by atoms with van der Waals surface area (Å²) in [6.45, 7) is 7.27. The largest absolute Gasteiger partial charge is 0.448 e. The average molecular weight is 326 g/mol. The van der Waals surface area contributed by atoms with Crippen molar-refractivity contribution in [3.8, 4) is 0 Å². The van der Waals surface area contributed by atoms with Crippen LogP contribution in [0.4, 0.5) is 10.5 Å². The lowest BCUT2D eigenvalue weighted by molar-refractivity contribution is -0.143.